The van der Waals surface area contributed by atoms with Crippen molar-refractivity contribution in [2.24, 2.45) is 0 Å². The predicted molar refractivity (Wildman–Crippen MR) is 76.1 cm³/mol. The van der Waals surface area contributed by atoms with E-state index in [0.29, 0.717) is 5.02 Å². The van der Waals surface area contributed by atoms with Gasteiger partial charge in [0.25, 0.3) is 0 Å². The lowest BCUT2D eigenvalue weighted by molar-refractivity contribution is 0.493. The van der Waals surface area contributed by atoms with E-state index in [-0.39, 0.29) is 16.1 Å². The summed E-state index contributed by atoms with van der Waals surface area (Å²) in [6.45, 7) is 6.58. The smallest absolute Gasteiger partial charge is 0.179 e. The summed E-state index contributed by atoms with van der Waals surface area (Å²) in [7, 11) is -1.36. The lowest BCUT2D eigenvalue weighted by Crippen LogP contribution is -2.30. The minimum Gasteiger partial charge on any atom is -0.319 e. The lowest BCUT2D eigenvalue weighted by Gasteiger charge is -2.25. The van der Waals surface area contributed by atoms with Crippen LogP contribution in [0.25, 0.3) is 0 Å². The maximum atomic E-state index is 11.8. The van der Waals surface area contributed by atoms with Crippen LogP contribution in [-0.4, -0.2) is 27.8 Å². The van der Waals surface area contributed by atoms with E-state index in [1.807, 2.05) is 13.1 Å². The average molecular weight is 290 g/mol. The number of rotatable bonds is 5. The molecule has 18 heavy (non-hydrogen) atoms. The van der Waals surface area contributed by atoms with Gasteiger partial charge in [-0.05, 0) is 24.7 Å². The van der Waals surface area contributed by atoms with E-state index in [4.69, 9.17) is 11.6 Å². The Labute approximate surface area is 114 Å². The van der Waals surface area contributed by atoms with Crippen LogP contribution < -0.4 is 5.32 Å². The molecule has 0 heterocycles. The second-order valence-corrected chi connectivity index (χ2v) is 7.62. The third kappa shape index (κ3) is 3.25. The molecule has 0 unspecified atom stereocenters. The Balaban J connectivity index is 3.23. The van der Waals surface area contributed by atoms with Crippen molar-refractivity contribution < 1.29 is 8.42 Å². The summed E-state index contributed by atoms with van der Waals surface area (Å²) < 4.78 is 23.6. The first-order valence-corrected chi connectivity index (χ1v) is 7.95. The summed E-state index contributed by atoms with van der Waals surface area (Å²) in [5.74, 6) is 0.0615. The van der Waals surface area contributed by atoms with Gasteiger partial charge in [-0.25, -0.2) is 8.42 Å². The number of sulfone groups is 1. The summed E-state index contributed by atoms with van der Waals surface area (Å²) in [4.78, 5) is 0.218. The second kappa shape index (κ2) is 5.59. The highest BCUT2D eigenvalue weighted by atomic mass is 35.5. The molecule has 5 heteroatoms. The molecule has 0 radical (unpaired) electrons. The fourth-order valence-electron chi connectivity index (χ4n) is 1.87. The van der Waals surface area contributed by atoms with Crippen molar-refractivity contribution in [3.05, 3.63) is 28.8 Å². The van der Waals surface area contributed by atoms with E-state index >= 15 is 0 Å². The Morgan fingerprint density at radius 3 is 2.39 bits per heavy atom. The molecule has 1 aromatic rings. The summed E-state index contributed by atoms with van der Waals surface area (Å²) in [6, 6.07) is 5.20. The van der Waals surface area contributed by atoms with Crippen molar-refractivity contribution in [2.45, 2.75) is 31.1 Å². The first kappa shape index (κ1) is 15.5. The van der Waals surface area contributed by atoms with Gasteiger partial charge in [-0.15, -0.1) is 0 Å². The number of benzene rings is 1. The van der Waals surface area contributed by atoms with Gasteiger partial charge < -0.3 is 5.32 Å². The normalized spacial score (nSPS) is 12.7. The van der Waals surface area contributed by atoms with Gasteiger partial charge in [0.15, 0.2) is 9.84 Å². The second-order valence-electron chi connectivity index (χ2n) is 4.96. The molecule has 0 aliphatic carbocycles. The van der Waals surface area contributed by atoms with Gasteiger partial charge in [0.05, 0.1) is 15.7 Å². The van der Waals surface area contributed by atoms with Crippen LogP contribution in [0, 0.1) is 0 Å². The molecule has 0 atom stereocenters. The van der Waals surface area contributed by atoms with Gasteiger partial charge in [-0.1, -0.05) is 38.4 Å². The van der Waals surface area contributed by atoms with E-state index in [2.05, 4.69) is 19.2 Å². The van der Waals surface area contributed by atoms with Gasteiger partial charge >= 0.3 is 0 Å². The van der Waals surface area contributed by atoms with Crippen molar-refractivity contribution in [3.63, 3.8) is 0 Å². The van der Waals surface area contributed by atoms with Gasteiger partial charge in [-0.2, -0.15) is 0 Å². The molecule has 0 amide bonds. The molecule has 0 aliphatic heterocycles. The Hall–Kier alpha value is -0.580. The molecule has 3 nitrogen and oxygen atoms in total. The quantitative estimate of drug-likeness (QED) is 0.906. The van der Waals surface area contributed by atoms with Gasteiger partial charge in [-0.3, -0.25) is 0 Å². The SMILES string of the molecule is CCS(=O)(=O)c1ccc(C(C)(C)CNC)cc1Cl. The lowest BCUT2D eigenvalue weighted by atomic mass is 9.85. The summed E-state index contributed by atoms with van der Waals surface area (Å²) in [6.07, 6.45) is 0. The Kier molecular flexibility index (Phi) is 4.81. The molecular weight excluding hydrogens is 270 g/mol. The molecular formula is C13H20ClNO2S. The fraction of sp³-hybridized carbons (Fsp3) is 0.538. The molecule has 0 fully saturated rings. The topological polar surface area (TPSA) is 46.2 Å². The van der Waals surface area contributed by atoms with E-state index in [1.165, 1.54) is 0 Å². The Bertz CT molecular complexity index is 524. The number of hydrogen-bond donors (Lipinski definition) is 1. The predicted octanol–water partition coefficient (Wildman–Crippen LogP) is 2.63. The van der Waals surface area contributed by atoms with Gasteiger partial charge in [0.2, 0.25) is 0 Å². The maximum Gasteiger partial charge on any atom is 0.179 e. The van der Waals surface area contributed by atoms with Crippen LogP contribution in [0.15, 0.2) is 23.1 Å². The molecule has 0 bridgehead atoms. The Morgan fingerprint density at radius 1 is 1.33 bits per heavy atom. The van der Waals surface area contributed by atoms with Crippen LogP contribution in [0.4, 0.5) is 0 Å². The minimum absolute atomic E-state index is 0.0615. The third-order valence-corrected chi connectivity index (χ3v) is 5.26. The van der Waals surface area contributed by atoms with E-state index in [9.17, 15) is 8.42 Å². The van der Waals surface area contributed by atoms with Crippen LogP contribution in [-0.2, 0) is 15.3 Å². The van der Waals surface area contributed by atoms with E-state index in [0.717, 1.165) is 12.1 Å². The Morgan fingerprint density at radius 2 is 1.94 bits per heavy atom. The largest absolute Gasteiger partial charge is 0.319 e. The number of hydrogen-bond acceptors (Lipinski definition) is 3. The van der Waals surface area contributed by atoms with Gasteiger partial charge in [0, 0.05) is 12.0 Å². The molecule has 1 rings (SSSR count). The van der Waals surface area contributed by atoms with Crippen molar-refractivity contribution in [1.82, 2.24) is 5.32 Å². The molecule has 0 aromatic heterocycles. The summed E-state index contributed by atoms with van der Waals surface area (Å²) in [5.41, 5.74) is 0.935. The van der Waals surface area contributed by atoms with Crippen LogP contribution in [0.3, 0.4) is 0 Å². The molecule has 102 valence electrons. The van der Waals surface area contributed by atoms with Crippen LogP contribution >= 0.6 is 11.6 Å². The zero-order valence-corrected chi connectivity index (χ0v) is 12.8. The van der Waals surface area contributed by atoms with Crippen molar-refractivity contribution >= 4 is 21.4 Å². The average Bonchev–Trinajstić information content (AvgIpc) is 2.28. The highest BCUT2D eigenvalue weighted by Gasteiger charge is 2.23. The van der Waals surface area contributed by atoms with E-state index in [1.54, 1.807) is 19.1 Å². The first-order chi connectivity index (χ1) is 8.24. The minimum atomic E-state index is -3.25. The number of halogens is 1. The summed E-state index contributed by atoms with van der Waals surface area (Å²) >= 11 is 6.10. The number of likely N-dealkylation sites (N-methyl/N-ethyl adjacent to an activating group) is 1. The molecule has 0 spiro atoms. The monoisotopic (exact) mass is 289 g/mol. The van der Waals surface area contributed by atoms with Crippen molar-refractivity contribution in [2.75, 3.05) is 19.3 Å². The molecule has 1 N–H and O–H groups in total. The zero-order valence-electron chi connectivity index (χ0n) is 11.2. The standard InChI is InChI=1S/C13H20ClNO2S/c1-5-18(16,17)12-7-6-10(8-11(12)14)13(2,3)9-15-4/h6-8,15H,5,9H2,1-4H3. The first-order valence-electron chi connectivity index (χ1n) is 5.92. The van der Waals surface area contributed by atoms with E-state index < -0.39 is 9.84 Å². The highest BCUT2D eigenvalue weighted by Crippen LogP contribution is 2.29. The van der Waals surface area contributed by atoms with Crippen LogP contribution in [0.2, 0.25) is 5.02 Å². The summed E-state index contributed by atoms with van der Waals surface area (Å²) in [5, 5.41) is 3.42. The molecule has 1 aromatic carbocycles. The number of nitrogens with one attached hydrogen (secondary N) is 1. The van der Waals surface area contributed by atoms with Crippen molar-refractivity contribution in [3.8, 4) is 0 Å². The van der Waals surface area contributed by atoms with Crippen LogP contribution in [0.5, 0.6) is 0 Å². The fourth-order valence-corrected chi connectivity index (χ4v) is 3.35. The molecule has 0 saturated heterocycles. The maximum absolute atomic E-state index is 11.8. The zero-order chi connectivity index (χ0) is 14.0. The van der Waals surface area contributed by atoms with Crippen molar-refractivity contribution in [1.29, 1.82) is 0 Å². The molecule has 0 saturated carbocycles. The highest BCUT2D eigenvalue weighted by molar-refractivity contribution is 7.91. The van der Waals surface area contributed by atoms with Crippen LogP contribution in [0.1, 0.15) is 26.3 Å². The molecule has 0 aliphatic rings. The third-order valence-electron chi connectivity index (χ3n) is 3.05. The van der Waals surface area contributed by atoms with Gasteiger partial charge in [0.1, 0.15) is 0 Å².